The normalized spacial score (nSPS) is 10.6. The maximum absolute atomic E-state index is 13.7. The summed E-state index contributed by atoms with van der Waals surface area (Å²) in [5, 5.41) is 5.77. The van der Waals surface area contributed by atoms with E-state index in [1.807, 2.05) is 36.4 Å². The minimum atomic E-state index is -0.719. The highest BCUT2D eigenvalue weighted by atomic mass is 32.2. The van der Waals surface area contributed by atoms with Gasteiger partial charge < -0.3 is 10.6 Å². The van der Waals surface area contributed by atoms with E-state index in [-0.39, 0.29) is 17.3 Å². The molecule has 2 amide bonds. The molecule has 0 aliphatic carbocycles. The van der Waals surface area contributed by atoms with Crippen molar-refractivity contribution in [1.82, 2.24) is 14.9 Å². The number of benzene rings is 3. The molecule has 1 heterocycles. The van der Waals surface area contributed by atoms with Crippen LogP contribution in [0.25, 0.3) is 5.69 Å². The first-order valence-corrected chi connectivity index (χ1v) is 11.3. The molecule has 0 atom stereocenters. The van der Waals surface area contributed by atoms with Gasteiger partial charge in [0, 0.05) is 36.3 Å². The number of imidazole rings is 1. The molecule has 2 N–H and O–H groups in total. The van der Waals surface area contributed by atoms with E-state index in [1.54, 1.807) is 35.2 Å². The molecule has 0 aliphatic heterocycles. The number of anilines is 1. The first-order valence-electron chi connectivity index (χ1n) is 10.3. The monoisotopic (exact) mass is 478 g/mol. The molecule has 3 aromatic carbocycles. The summed E-state index contributed by atoms with van der Waals surface area (Å²) in [4.78, 5) is 29.1. The zero-order valence-electron chi connectivity index (χ0n) is 17.9. The molecular weight excluding hydrogens is 458 g/mol. The number of aromatic nitrogens is 2. The highest BCUT2D eigenvalue weighted by molar-refractivity contribution is 7.99. The third-order valence-electron chi connectivity index (χ3n) is 4.82. The average Bonchev–Trinajstić information content (AvgIpc) is 3.33. The summed E-state index contributed by atoms with van der Waals surface area (Å²) in [6.07, 6.45) is 3.29. The van der Waals surface area contributed by atoms with Gasteiger partial charge in [-0.3, -0.25) is 14.2 Å². The molecule has 6 nitrogen and oxygen atoms in total. The van der Waals surface area contributed by atoms with Crippen LogP contribution in [0.1, 0.15) is 15.9 Å². The number of halogens is 2. The van der Waals surface area contributed by atoms with E-state index in [0.717, 1.165) is 35.5 Å². The Morgan fingerprint density at radius 2 is 1.79 bits per heavy atom. The molecule has 34 heavy (non-hydrogen) atoms. The summed E-state index contributed by atoms with van der Waals surface area (Å²) in [7, 11) is 0. The SMILES string of the molecule is O=C(CSc1nccn1-c1cccc(C(=O)NCc2ccccc2)c1)Nc1cc(F)ccc1F. The van der Waals surface area contributed by atoms with E-state index < -0.39 is 17.5 Å². The van der Waals surface area contributed by atoms with E-state index in [0.29, 0.717) is 23.0 Å². The van der Waals surface area contributed by atoms with Gasteiger partial charge in [-0.25, -0.2) is 13.8 Å². The molecule has 0 spiro atoms. The summed E-state index contributed by atoms with van der Waals surface area (Å²) in [5.41, 5.74) is 1.96. The number of nitrogens with one attached hydrogen (secondary N) is 2. The third-order valence-corrected chi connectivity index (χ3v) is 5.79. The topological polar surface area (TPSA) is 76.0 Å². The number of hydrogen-bond donors (Lipinski definition) is 2. The van der Waals surface area contributed by atoms with Gasteiger partial charge in [0.05, 0.1) is 11.4 Å². The Labute approximate surface area is 199 Å². The lowest BCUT2D eigenvalue weighted by molar-refractivity contribution is -0.113. The largest absolute Gasteiger partial charge is 0.348 e. The van der Waals surface area contributed by atoms with Crippen molar-refractivity contribution in [2.24, 2.45) is 0 Å². The Balaban J connectivity index is 1.40. The van der Waals surface area contributed by atoms with Crippen LogP contribution in [-0.2, 0) is 11.3 Å². The van der Waals surface area contributed by atoms with Crippen LogP contribution >= 0.6 is 11.8 Å². The van der Waals surface area contributed by atoms with Crippen LogP contribution in [0.3, 0.4) is 0 Å². The van der Waals surface area contributed by atoms with Crippen LogP contribution < -0.4 is 10.6 Å². The van der Waals surface area contributed by atoms with E-state index in [4.69, 9.17) is 0 Å². The molecule has 0 fully saturated rings. The summed E-state index contributed by atoms with van der Waals surface area (Å²) >= 11 is 1.13. The van der Waals surface area contributed by atoms with Crippen LogP contribution in [0, 0.1) is 11.6 Å². The smallest absolute Gasteiger partial charge is 0.251 e. The van der Waals surface area contributed by atoms with Crippen molar-refractivity contribution < 1.29 is 18.4 Å². The van der Waals surface area contributed by atoms with Crippen molar-refractivity contribution in [3.8, 4) is 5.69 Å². The Hall–Kier alpha value is -3.98. The molecule has 0 radical (unpaired) electrons. The van der Waals surface area contributed by atoms with Crippen molar-refractivity contribution in [3.05, 3.63) is 108 Å². The number of carbonyl (C=O) groups excluding carboxylic acids is 2. The van der Waals surface area contributed by atoms with Gasteiger partial charge in [-0.05, 0) is 35.9 Å². The molecule has 0 aliphatic rings. The van der Waals surface area contributed by atoms with Crippen molar-refractivity contribution in [3.63, 3.8) is 0 Å². The first kappa shape index (κ1) is 23.2. The molecule has 0 saturated heterocycles. The van der Waals surface area contributed by atoms with E-state index >= 15 is 0 Å². The molecule has 4 aromatic rings. The fourth-order valence-corrected chi connectivity index (χ4v) is 3.95. The van der Waals surface area contributed by atoms with Gasteiger partial charge in [-0.1, -0.05) is 48.2 Å². The van der Waals surface area contributed by atoms with Crippen LogP contribution in [-0.4, -0.2) is 27.1 Å². The number of carbonyl (C=O) groups is 2. The minimum absolute atomic E-state index is 0.0653. The highest BCUT2D eigenvalue weighted by Crippen LogP contribution is 2.22. The molecule has 1 aromatic heterocycles. The molecule has 4 rings (SSSR count). The van der Waals surface area contributed by atoms with Gasteiger partial charge in [0.1, 0.15) is 11.6 Å². The second kappa shape index (κ2) is 10.8. The van der Waals surface area contributed by atoms with Crippen molar-refractivity contribution in [2.75, 3.05) is 11.1 Å². The minimum Gasteiger partial charge on any atom is -0.348 e. The Morgan fingerprint density at radius 3 is 2.62 bits per heavy atom. The van der Waals surface area contributed by atoms with Gasteiger partial charge >= 0.3 is 0 Å². The van der Waals surface area contributed by atoms with Gasteiger partial charge in [0.25, 0.3) is 5.91 Å². The summed E-state index contributed by atoms with van der Waals surface area (Å²) < 4.78 is 28.8. The number of amides is 2. The predicted molar refractivity (Wildman–Crippen MR) is 127 cm³/mol. The van der Waals surface area contributed by atoms with Gasteiger partial charge in [0.15, 0.2) is 5.16 Å². The molecular formula is C25H20F2N4O2S. The second-order valence-corrected chi connectivity index (χ2v) is 8.20. The lowest BCUT2D eigenvalue weighted by Crippen LogP contribution is -2.22. The molecule has 0 bridgehead atoms. The fourth-order valence-electron chi connectivity index (χ4n) is 3.18. The van der Waals surface area contributed by atoms with E-state index in [2.05, 4.69) is 15.6 Å². The number of hydrogen-bond acceptors (Lipinski definition) is 4. The molecule has 0 unspecified atom stereocenters. The third kappa shape index (κ3) is 5.87. The summed E-state index contributed by atoms with van der Waals surface area (Å²) in [6, 6.07) is 19.5. The van der Waals surface area contributed by atoms with Crippen molar-refractivity contribution in [2.45, 2.75) is 11.7 Å². The lowest BCUT2D eigenvalue weighted by Gasteiger charge is -2.10. The predicted octanol–water partition coefficient (Wildman–Crippen LogP) is 4.81. The van der Waals surface area contributed by atoms with Crippen LogP contribution in [0.4, 0.5) is 14.5 Å². The fraction of sp³-hybridized carbons (Fsp3) is 0.0800. The van der Waals surface area contributed by atoms with Crippen LogP contribution in [0.5, 0.6) is 0 Å². The Morgan fingerprint density at radius 1 is 0.971 bits per heavy atom. The Kier molecular flexibility index (Phi) is 7.34. The van der Waals surface area contributed by atoms with Gasteiger partial charge in [0.2, 0.25) is 5.91 Å². The van der Waals surface area contributed by atoms with Gasteiger partial charge in [-0.15, -0.1) is 0 Å². The number of rotatable bonds is 8. The van der Waals surface area contributed by atoms with E-state index in [1.165, 1.54) is 0 Å². The Bertz CT molecular complexity index is 1310. The first-order chi connectivity index (χ1) is 16.5. The lowest BCUT2D eigenvalue weighted by atomic mass is 10.1. The van der Waals surface area contributed by atoms with Gasteiger partial charge in [-0.2, -0.15) is 0 Å². The molecule has 9 heteroatoms. The summed E-state index contributed by atoms with van der Waals surface area (Å²) in [6.45, 7) is 0.414. The maximum Gasteiger partial charge on any atom is 0.251 e. The average molecular weight is 479 g/mol. The number of thioether (sulfide) groups is 1. The number of nitrogens with zero attached hydrogens (tertiary/aromatic N) is 2. The van der Waals surface area contributed by atoms with Crippen LogP contribution in [0.2, 0.25) is 0 Å². The van der Waals surface area contributed by atoms with Crippen molar-refractivity contribution >= 4 is 29.3 Å². The highest BCUT2D eigenvalue weighted by Gasteiger charge is 2.13. The standard InChI is InChI=1S/C25H20F2N4O2S/c26-19-9-10-21(27)22(14-19)30-23(32)16-34-25-28-11-12-31(25)20-8-4-7-18(13-20)24(33)29-15-17-5-2-1-3-6-17/h1-14H,15-16H2,(H,29,33)(H,30,32). The molecule has 172 valence electrons. The maximum atomic E-state index is 13.7. The van der Waals surface area contributed by atoms with Crippen LogP contribution in [0.15, 0.2) is 90.3 Å². The zero-order valence-corrected chi connectivity index (χ0v) is 18.7. The molecule has 0 saturated carbocycles. The second-order valence-electron chi connectivity index (χ2n) is 7.26. The zero-order chi connectivity index (χ0) is 23.9. The summed E-state index contributed by atoms with van der Waals surface area (Å²) in [5.74, 6) is -2.14. The quantitative estimate of drug-likeness (QED) is 0.357. The van der Waals surface area contributed by atoms with E-state index in [9.17, 15) is 18.4 Å². The van der Waals surface area contributed by atoms with Crippen molar-refractivity contribution in [1.29, 1.82) is 0 Å².